The molecular weight excluding hydrogens is 348 g/mol. The zero-order valence-electron chi connectivity index (χ0n) is 12.2. The first kappa shape index (κ1) is 16.1. The van der Waals surface area contributed by atoms with E-state index in [9.17, 15) is 9.90 Å². The van der Waals surface area contributed by atoms with Crippen LogP contribution in [0.3, 0.4) is 0 Å². The molecule has 0 aliphatic rings. The number of phenolic OH excluding ortho intramolecular Hbond substituents is 1. The molecule has 0 aromatic heterocycles. The SMILES string of the molecule is COc1cc(/C=C/C(=O)c2cccc(Br)c2)cc(OC)c1O. The monoisotopic (exact) mass is 362 g/mol. The lowest BCUT2D eigenvalue weighted by Crippen LogP contribution is -1.94. The lowest BCUT2D eigenvalue weighted by Gasteiger charge is -2.09. The van der Waals surface area contributed by atoms with Gasteiger partial charge in [-0.1, -0.05) is 34.1 Å². The van der Waals surface area contributed by atoms with E-state index in [1.54, 1.807) is 36.4 Å². The van der Waals surface area contributed by atoms with Gasteiger partial charge in [-0.05, 0) is 35.9 Å². The lowest BCUT2D eigenvalue weighted by molar-refractivity contribution is 0.104. The first-order valence-corrected chi connectivity index (χ1v) is 7.27. The molecule has 2 aromatic carbocycles. The number of ether oxygens (including phenoxy) is 2. The van der Waals surface area contributed by atoms with Gasteiger partial charge in [0.2, 0.25) is 5.75 Å². The van der Waals surface area contributed by atoms with Gasteiger partial charge in [0, 0.05) is 10.0 Å². The first-order valence-electron chi connectivity index (χ1n) is 6.48. The molecule has 0 saturated carbocycles. The van der Waals surface area contributed by atoms with Gasteiger partial charge in [-0.15, -0.1) is 0 Å². The topological polar surface area (TPSA) is 55.8 Å². The molecule has 1 N–H and O–H groups in total. The van der Waals surface area contributed by atoms with Crippen LogP contribution >= 0.6 is 15.9 Å². The maximum Gasteiger partial charge on any atom is 0.200 e. The molecule has 22 heavy (non-hydrogen) atoms. The van der Waals surface area contributed by atoms with Crippen LogP contribution in [0.25, 0.3) is 6.08 Å². The van der Waals surface area contributed by atoms with Crippen LogP contribution in [0.1, 0.15) is 15.9 Å². The van der Waals surface area contributed by atoms with Crippen molar-refractivity contribution in [1.29, 1.82) is 0 Å². The molecule has 0 spiro atoms. The summed E-state index contributed by atoms with van der Waals surface area (Å²) in [5, 5.41) is 9.85. The molecule has 0 radical (unpaired) electrons. The normalized spacial score (nSPS) is 10.7. The predicted octanol–water partition coefficient (Wildman–Crippen LogP) is 4.07. The maximum absolute atomic E-state index is 12.1. The van der Waals surface area contributed by atoms with Crippen LogP contribution in [0, 0.1) is 0 Å². The number of aromatic hydroxyl groups is 1. The van der Waals surface area contributed by atoms with Crippen LogP contribution in [0.15, 0.2) is 46.9 Å². The average Bonchev–Trinajstić information content (AvgIpc) is 2.53. The maximum atomic E-state index is 12.1. The molecule has 0 unspecified atom stereocenters. The van der Waals surface area contributed by atoms with Crippen molar-refractivity contribution >= 4 is 27.8 Å². The highest BCUT2D eigenvalue weighted by Gasteiger charge is 2.10. The van der Waals surface area contributed by atoms with E-state index in [-0.39, 0.29) is 23.0 Å². The summed E-state index contributed by atoms with van der Waals surface area (Å²) in [6.45, 7) is 0. The van der Waals surface area contributed by atoms with Crippen molar-refractivity contribution in [1.82, 2.24) is 0 Å². The molecule has 0 bridgehead atoms. The third-order valence-corrected chi connectivity index (χ3v) is 3.53. The second kappa shape index (κ2) is 7.13. The number of methoxy groups -OCH3 is 2. The van der Waals surface area contributed by atoms with Gasteiger partial charge in [-0.2, -0.15) is 0 Å². The van der Waals surface area contributed by atoms with Gasteiger partial charge in [0.15, 0.2) is 17.3 Å². The highest BCUT2D eigenvalue weighted by atomic mass is 79.9. The van der Waals surface area contributed by atoms with Crippen molar-refractivity contribution in [2.75, 3.05) is 14.2 Å². The van der Waals surface area contributed by atoms with Crippen molar-refractivity contribution in [3.05, 3.63) is 58.1 Å². The van der Waals surface area contributed by atoms with E-state index in [0.717, 1.165) is 4.47 Å². The van der Waals surface area contributed by atoms with E-state index in [0.29, 0.717) is 11.1 Å². The Bertz CT molecular complexity index is 697. The summed E-state index contributed by atoms with van der Waals surface area (Å²) in [5.41, 5.74) is 1.28. The summed E-state index contributed by atoms with van der Waals surface area (Å²) in [7, 11) is 2.91. The number of hydrogen-bond acceptors (Lipinski definition) is 4. The number of benzene rings is 2. The van der Waals surface area contributed by atoms with E-state index < -0.39 is 0 Å². The molecule has 0 aliphatic carbocycles. The minimum absolute atomic E-state index is 0.0690. The first-order chi connectivity index (χ1) is 10.5. The average molecular weight is 363 g/mol. The van der Waals surface area contributed by atoms with Crippen LogP contribution in [-0.4, -0.2) is 25.1 Å². The number of phenols is 1. The number of carbonyl (C=O) groups excluding carboxylic acids is 1. The zero-order valence-corrected chi connectivity index (χ0v) is 13.8. The summed E-state index contributed by atoms with van der Waals surface area (Å²) in [4.78, 5) is 12.1. The number of hydrogen-bond donors (Lipinski definition) is 1. The number of allylic oxidation sites excluding steroid dienone is 1. The van der Waals surface area contributed by atoms with Gasteiger partial charge < -0.3 is 14.6 Å². The van der Waals surface area contributed by atoms with Crippen molar-refractivity contribution in [3.8, 4) is 17.2 Å². The summed E-state index contributed by atoms with van der Waals surface area (Å²) < 4.78 is 11.0. The minimum Gasteiger partial charge on any atom is -0.502 e. The molecule has 2 rings (SSSR count). The van der Waals surface area contributed by atoms with Crippen LogP contribution < -0.4 is 9.47 Å². The van der Waals surface area contributed by atoms with Crippen molar-refractivity contribution < 1.29 is 19.4 Å². The third-order valence-electron chi connectivity index (χ3n) is 3.04. The fourth-order valence-corrected chi connectivity index (χ4v) is 2.32. The summed E-state index contributed by atoms with van der Waals surface area (Å²) in [6.07, 6.45) is 3.11. The fraction of sp³-hybridized carbons (Fsp3) is 0.118. The molecule has 0 saturated heterocycles. The molecule has 114 valence electrons. The van der Waals surface area contributed by atoms with Gasteiger partial charge in [-0.25, -0.2) is 0 Å². The second-order valence-corrected chi connectivity index (χ2v) is 5.40. The van der Waals surface area contributed by atoms with Gasteiger partial charge in [0.1, 0.15) is 0 Å². The molecule has 2 aromatic rings. The molecule has 0 amide bonds. The van der Waals surface area contributed by atoms with Gasteiger partial charge >= 0.3 is 0 Å². The largest absolute Gasteiger partial charge is 0.502 e. The summed E-state index contributed by atoms with van der Waals surface area (Å²) >= 11 is 3.34. The number of halogens is 1. The highest BCUT2D eigenvalue weighted by molar-refractivity contribution is 9.10. The van der Waals surface area contributed by atoms with Crippen LogP contribution in [0.4, 0.5) is 0 Å². The molecule has 0 aliphatic heterocycles. The molecule has 4 nitrogen and oxygen atoms in total. The van der Waals surface area contributed by atoms with Crippen LogP contribution in [0.2, 0.25) is 0 Å². The van der Waals surface area contributed by atoms with Gasteiger partial charge in [0.25, 0.3) is 0 Å². The second-order valence-electron chi connectivity index (χ2n) is 4.48. The summed E-state index contributed by atoms with van der Waals surface area (Å²) in [6, 6.07) is 10.4. The molecular formula is C17H15BrO4. The third kappa shape index (κ3) is 3.68. The molecule has 0 fully saturated rings. The van der Waals surface area contributed by atoms with E-state index in [2.05, 4.69) is 15.9 Å². The van der Waals surface area contributed by atoms with Crippen LogP contribution in [0.5, 0.6) is 17.2 Å². The Balaban J connectivity index is 2.28. The minimum atomic E-state index is -0.118. The molecule has 0 atom stereocenters. The molecule has 5 heteroatoms. The summed E-state index contributed by atoms with van der Waals surface area (Å²) in [5.74, 6) is 0.385. The van der Waals surface area contributed by atoms with Crippen molar-refractivity contribution in [3.63, 3.8) is 0 Å². The number of carbonyl (C=O) groups is 1. The Kier molecular flexibility index (Phi) is 5.22. The fourth-order valence-electron chi connectivity index (χ4n) is 1.92. The number of ketones is 1. The Labute approximate surface area is 137 Å². The van der Waals surface area contributed by atoms with Gasteiger partial charge in [0.05, 0.1) is 14.2 Å². The van der Waals surface area contributed by atoms with Crippen molar-refractivity contribution in [2.45, 2.75) is 0 Å². The Hall–Kier alpha value is -2.27. The standard InChI is InChI=1S/C17H15BrO4/c1-21-15-8-11(9-16(22-2)17(15)20)6-7-14(19)12-4-3-5-13(18)10-12/h3-10,20H,1-2H3/b7-6+. The Morgan fingerprint density at radius 2 is 1.77 bits per heavy atom. The van der Waals surface area contributed by atoms with Crippen molar-refractivity contribution in [2.24, 2.45) is 0 Å². The van der Waals surface area contributed by atoms with E-state index in [1.807, 2.05) is 6.07 Å². The number of rotatable bonds is 5. The Morgan fingerprint density at radius 3 is 2.32 bits per heavy atom. The van der Waals surface area contributed by atoms with Crippen LogP contribution in [-0.2, 0) is 0 Å². The zero-order chi connectivity index (χ0) is 16.1. The lowest BCUT2D eigenvalue weighted by atomic mass is 10.1. The predicted molar refractivity (Wildman–Crippen MR) is 88.7 cm³/mol. The highest BCUT2D eigenvalue weighted by Crippen LogP contribution is 2.37. The van der Waals surface area contributed by atoms with E-state index in [4.69, 9.17) is 9.47 Å². The smallest absolute Gasteiger partial charge is 0.200 e. The van der Waals surface area contributed by atoms with Gasteiger partial charge in [-0.3, -0.25) is 4.79 Å². The Morgan fingerprint density at radius 1 is 1.14 bits per heavy atom. The van der Waals surface area contributed by atoms with E-state index in [1.165, 1.54) is 20.3 Å². The molecule has 0 heterocycles. The quantitative estimate of drug-likeness (QED) is 0.643. The van der Waals surface area contributed by atoms with E-state index >= 15 is 0 Å².